The Morgan fingerprint density at radius 2 is 2.23 bits per heavy atom. The van der Waals surface area contributed by atoms with E-state index in [1.54, 1.807) is 11.4 Å². The van der Waals surface area contributed by atoms with E-state index in [0.29, 0.717) is 18.9 Å². The molecule has 3 heterocycles. The molecule has 7 nitrogen and oxygen atoms in total. The zero-order valence-electron chi connectivity index (χ0n) is 18.0. The summed E-state index contributed by atoms with van der Waals surface area (Å²) < 4.78 is 20.1. The third kappa shape index (κ3) is 5.26. The lowest BCUT2D eigenvalue weighted by molar-refractivity contribution is -0.0272. The second-order valence-corrected chi connectivity index (χ2v) is 15.5. The molecule has 7 atom stereocenters. The molecule has 3 aliphatic rings. The summed E-state index contributed by atoms with van der Waals surface area (Å²) in [5.41, 5.74) is -2.13. The molecule has 2 saturated heterocycles. The number of nitrogens with one attached hydrogen (secondary N) is 1. The molecule has 1 aliphatic carbocycles. The maximum absolute atomic E-state index is 12.1. The predicted molar refractivity (Wildman–Crippen MR) is 133 cm³/mol. The monoisotopic (exact) mass is 506 g/mol. The molecule has 1 N–H and O–H groups in total. The van der Waals surface area contributed by atoms with Crippen LogP contribution >= 0.6 is 30.6 Å². The lowest BCUT2D eigenvalue weighted by atomic mass is 9.77. The van der Waals surface area contributed by atoms with Crippen LogP contribution in [0, 0.1) is 11.8 Å². The van der Waals surface area contributed by atoms with E-state index in [9.17, 15) is 9.59 Å². The van der Waals surface area contributed by atoms with Crippen LogP contribution in [-0.4, -0.2) is 33.1 Å². The van der Waals surface area contributed by atoms with Gasteiger partial charge in [-0.2, -0.15) is 13.5 Å². The number of aromatic amines is 1. The summed E-state index contributed by atoms with van der Waals surface area (Å²) in [6, 6.07) is 1.33. The topological polar surface area (TPSA) is 82.5 Å². The Hall–Kier alpha value is -0.350. The van der Waals surface area contributed by atoms with E-state index in [0.717, 1.165) is 19.3 Å². The molecular weight excluding hydrogens is 475 g/mol. The molecule has 31 heavy (non-hydrogen) atoms. The fourth-order valence-corrected chi connectivity index (χ4v) is 11.6. The van der Waals surface area contributed by atoms with Gasteiger partial charge in [0.2, 0.25) is 5.69 Å². The van der Waals surface area contributed by atoms with Gasteiger partial charge in [0.25, 0.3) is 5.56 Å². The van der Waals surface area contributed by atoms with E-state index < -0.39 is 23.2 Å². The second kappa shape index (κ2) is 9.49. The highest BCUT2D eigenvalue weighted by molar-refractivity contribution is 8.68. The molecule has 174 valence electrons. The van der Waals surface area contributed by atoms with Gasteiger partial charge in [0.15, 0.2) is 0 Å². The van der Waals surface area contributed by atoms with Crippen molar-refractivity contribution in [2.24, 2.45) is 11.8 Å². The minimum atomic E-state index is -2.46. The van der Waals surface area contributed by atoms with Crippen LogP contribution in [-0.2, 0) is 25.6 Å². The van der Waals surface area contributed by atoms with Crippen molar-refractivity contribution in [3.8, 4) is 0 Å². The van der Waals surface area contributed by atoms with Crippen LogP contribution in [0.1, 0.15) is 52.7 Å². The second-order valence-electron chi connectivity index (χ2n) is 8.92. The largest absolute Gasteiger partial charge is 0.352 e. The smallest absolute Gasteiger partial charge is 0.330 e. The van der Waals surface area contributed by atoms with Gasteiger partial charge in [0.05, 0.1) is 18.8 Å². The number of allylic oxidation sites excluding steroid dienone is 1. The zero-order valence-corrected chi connectivity index (χ0v) is 21.6. The molecule has 4 rings (SSSR count). The van der Waals surface area contributed by atoms with Crippen molar-refractivity contribution < 1.29 is 13.8 Å². The van der Waals surface area contributed by atoms with Crippen molar-refractivity contribution in [1.29, 1.82) is 0 Å². The molecule has 0 radical (unpaired) electrons. The average molecular weight is 507 g/mol. The van der Waals surface area contributed by atoms with Crippen LogP contribution < -0.4 is 11.2 Å². The zero-order chi connectivity index (χ0) is 21.7. The third-order valence-electron chi connectivity index (χ3n) is 6.54. The van der Waals surface area contributed by atoms with Crippen molar-refractivity contribution in [1.82, 2.24) is 9.55 Å². The van der Waals surface area contributed by atoms with Gasteiger partial charge in [0.1, 0.15) is 6.23 Å². The molecule has 11 heteroatoms. The van der Waals surface area contributed by atoms with E-state index in [4.69, 9.17) is 25.6 Å². The number of aromatic nitrogens is 2. The minimum Gasteiger partial charge on any atom is -0.352 e. The molecule has 0 bridgehead atoms. The molecule has 0 unspecified atom stereocenters. The quantitative estimate of drug-likeness (QED) is 0.476. The number of hydrogen-bond acceptors (Lipinski definition) is 7. The number of nitrogens with zero attached hydrogens (tertiary/aromatic N) is 1. The van der Waals surface area contributed by atoms with Gasteiger partial charge in [-0.25, -0.2) is 4.79 Å². The van der Waals surface area contributed by atoms with Crippen LogP contribution in [0.5, 0.6) is 0 Å². The number of hydrogen-bond donors (Lipinski definition) is 1. The number of rotatable bonds is 5. The number of fused-ring (bicyclic) bond motifs is 1. The first-order valence-corrected chi connectivity index (χ1v) is 14.4. The molecular formula is C20H31N2O5PS3. The summed E-state index contributed by atoms with van der Waals surface area (Å²) in [7, 11) is 0. The SMILES string of the molecule is C=C(C)[C@@H]1CC[C@]2(C)S[P@@](=S)(OC[C@H]3O[C@@H](n4ccc(=O)[nH]c4=O)C[C@@H]3C)O[C@H]2C1.S. The summed E-state index contributed by atoms with van der Waals surface area (Å²) in [5.74, 6) is 0.675. The highest BCUT2D eigenvalue weighted by atomic mass is 32.9. The Morgan fingerprint density at radius 1 is 1.48 bits per heavy atom. The maximum atomic E-state index is 12.1. The Kier molecular flexibility index (Phi) is 7.74. The van der Waals surface area contributed by atoms with Gasteiger partial charge in [-0.15, -0.1) is 0 Å². The van der Waals surface area contributed by atoms with Gasteiger partial charge in [0, 0.05) is 17.0 Å². The Balaban J connectivity index is 0.00000272. The minimum absolute atomic E-state index is 0. The summed E-state index contributed by atoms with van der Waals surface area (Å²) in [5, 5.41) is 0. The van der Waals surface area contributed by atoms with Crippen molar-refractivity contribution >= 4 is 42.4 Å². The van der Waals surface area contributed by atoms with Crippen molar-refractivity contribution in [3.05, 3.63) is 45.3 Å². The summed E-state index contributed by atoms with van der Waals surface area (Å²) >= 11 is 7.55. The molecule has 1 aromatic heterocycles. The summed E-state index contributed by atoms with van der Waals surface area (Å²) in [6.45, 7) is 10.9. The van der Waals surface area contributed by atoms with Crippen LogP contribution in [0.25, 0.3) is 0 Å². The van der Waals surface area contributed by atoms with Crippen LogP contribution in [0.3, 0.4) is 0 Å². The van der Waals surface area contributed by atoms with Gasteiger partial charge < -0.3 is 13.8 Å². The van der Waals surface area contributed by atoms with E-state index >= 15 is 0 Å². The van der Waals surface area contributed by atoms with E-state index in [1.165, 1.54) is 22.4 Å². The summed E-state index contributed by atoms with van der Waals surface area (Å²) in [6.07, 6.45) is 4.75. The Morgan fingerprint density at radius 3 is 2.90 bits per heavy atom. The molecule has 0 aromatic carbocycles. The fourth-order valence-electron chi connectivity index (χ4n) is 4.51. The normalized spacial score (nSPS) is 39.6. The Bertz CT molecular complexity index is 998. The molecule has 1 saturated carbocycles. The molecule has 3 fully saturated rings. The lowest BCUT2D eigenvalue weighted by Gasteiger charge is -2.37. The van der Waals surface area contributed by atoms with Crippen LogP contribution in [0.4, 0.5) is 0 Å². The van der Waals surface area contributed by atoms with E-state index in [2.05, 4.69) is 32.3 Å². The maximum Gasteiger partial charge on any atom is 0.330 e. The standard InChI is InChI=1S/C20H29N2O5PS2.H2S/c1-12(2)14-5-7-20(4)16(10-14)27-28(29,30-20)25-11-15-13(3)9-18(26-15)22-8-6-17(23)21-19(22)24;/h6,8,13-16,18H,1,5,7,9-11H2,2-4H3,(H,21,23,24);1H2/t13-,14+,15+,16-,18+,20-,28-;/m0./s1. The van der Waals surface area contributed by atoms with Gasteiger partial charge in [-0.1, -0.05) is 30.5 Å². The molecule has 2 aliphatic heterocycles. The highest BCUT2D eigenvalue weighted by Crippen LogP contribution is 2.75. The van der Waals surface area contributed by atoms with Crippen molar-refractivity contribution in [2.45, 2.75) is 69.6 Å². The number of H-pyrrole nitrogens is 1. The van der Waals surface area contributed by atoms with Crippen LogP contribution in [0.15, 0.2) is 34.0 Å². The highest BCUT2D eigenvalue weighted by Gasteiger charge is 2.53. The molecule has 0 spiro atoms. The first-order chi connectivity index (χ1) is 14.1. The molecule has 0 amide bonds. The molecule has 1 aromatic rings. The van der Waals surface area contributed by atoms with Crippen LogP contribution in [0.2, 0.25) is 0 Å². The predicted octanol–water partition coefficient (Wildman–Crippen LogP) is 4.08. The van der Waals surface area contributed by atoms with Gasteiger partial charge in [-0.3, -0.25) is 14.3 Å². The van der Waals surface area contributed by atoms with E-state index in [1.807, 2.05) is 0 Å². The number of ether oxygens (including phenoxy) is 1. The van der Waals surface area contributed by atoms with Gasteiger partial charge in [-0.05, 0) is 63.2 Å². The first-order valence-electron chi connectivity index (χ1n) is 10.3. The Labute approximate surface area is 198 Å². The lowest BCUT2D eigenvalue weighted by Crippen LogP contribution is -2.39. The van der Waals surface area contributed by atoms with Gasteiger partial charge >= 0.3 is 5.69 Å². The third-order valence-corrected chi connectivity index (χ3v) is 12.4. The fraction of sp³-hybridized carbons (Fsp3) is 0.700. The van der Waals surface area contributed by atoms with E-state index in [-0.39, 0.29) is 36.4 Å². The first kappa shape index (κ1) is 25.3. The average Bonchev–Trinajstić information content (AvgIpc) is 3.15. The summed E-state index contributed by atoms with van der Waals surface area (Å²) in [4.78, 5) is 25.6. The van der Waals surface area contributed by atoms with Crippen molar-refractivity contribution in [3.63, 3.8) is 0 Å². The van der Waals surface area contributed by atoms with Crippen molar-refractivity contribution in [2.75, 3.05) is 6.61 Å².